The number of rotatable bonds is 35. The van der Waals surface area contributed by atoms with Crippen molar-refractivity contribution in [1.29, 1.82) is 0 Å². The van der Waals surface area contributed by atoms with Gasteiger partial charge in [0.25, 0.3) is 0 Å². The van der Waals surface area contributed by atoms with Crippen molar-refractivity contribution >= 4 is 83.5 Å². The number of carbonyl (C=O) groups excluding carboxylic acids is 1. The number of hydrogen-bond donors (Lipinski definition) is 30. The van der Waals surface area contributed by atoms with Gasteiger partial charge in [0.1, 0.15) is 78.0 Å². The molecular weight excluding hydrogens is 1770 g/mol. The third kappa shape index (κ3) is 61.3. The number of amides is 1. The molecule has 0 bridgehead atoms. The Morgan fingerprint density at radius 2 is 0.904 bits per heavy atom. The fourth-order valence-electron chi connectivity index (χ4n) is 13.3. The van der Waals surface area contributed by atoms with Gasteiger partial charge in [0.05, 0.1) is 31.8 Å². The number of nitrogens with two attached hydrogens (primary N) is 6. The second kappa shape index (κ2) is 74.8. The summed E-state index contributed by atoms with van der Waals surface area (Å²) in [7, 11) is 4.81. The molecule has 3 aromatic carbocycles. The Bertz CT molecular complexity index is 3780. The number of carboxylic acids is 13. The first-order chi connectivity index (χ1) is 63.5. The minimum Gasteiger partial charge on any atom is -0.480 e. The number of ether oxygens (including phenoxy) is 1. The lowest BCUT2D eigenvalue weighted by Crippen LogP contribution is -2.44. The summed E-state index contributed by atoms with van der Waals surface area (Å²) in [6, 6.07) is 22.9. The van der Waals surface area contributed by atoms with Crippen LogP contribution in [0.2, 0.25) is 0 Å². The Balaban J connectivity index is -0.00000141. The molecule has 45 heteroatoms. The van der Waals surface area contributed by atoms with Crippen LogP contribution in [0, 0.1) is 11.8 Å². The summed E-state index contributed by atoms with van der Waals surface area (Å²) in [6.07, 6.45) is 17.0. The quantitative estimate of drug-likeness (QED) is 0.0389. The Morgan fingerprint density at radius 1 is 0.474 bits per heavy atom. The summed E-state index contributed by atoms with van der Waals surface area (Å²) >= 11 is 0. The zero-order valence-corrected chi connectivity index (χ0v) is 78.9. The standard InChI is InChI=1S/C12H15NO3.C11H13NO2.C9H15NO2.C9H11NO2.C7H15NO2.C6H11NO2.3C6H13NO2.C5H10N2O2.C5H9NO3.C4H8N2O3.C4H9NO3/c14-12(15)11-6-10(7-13-11)16-8-9-4-2-1-3-5-9;13-11(14)10-6-9(7-12-10)8-4-2-1-3-5-8;11-9(12)8-5-6-3-1-2-4-7(6)10-8;10-8(9(11)12)6-7-4-2-1-3-5-7;1-3-4-5-6(8-2)7(9)10;1-6(5(8)9)3-2-4-7-6;1-4(2)5(7-3)6(8)9;2*1-2-3-4-5(7)6(8)9;6-3-1-4(5(8)9)7-2-3;7-3-1-4(5(8)9)6-2-3;5-2(4(8)9)1-3(6)7;1-5-3(2-6)4(7)8/h1-5,10-11,13H,6-8H2,(H,14,15);1-5,9-10,12H,6-7H2,(H,13,14);6-8,10H,1-5H2,(H,11,12);1-5,8H,6,10H2,(H,11,12);6,8H,3-5H2,1-2H3,(H,9,10);7H,2-4H2,1H3,(H,8,9);4-5,7H,1-3H3,(H,8,9);2*5H,2-4,7H2,1H3,(H,8,9);3-4,7H,1-2,6H2,(H,8,9);3-4,6-7H,1-2H2,(H,8,9);2H,1,5H2,(H2,6,7)(H,8,9);3,5-6H,2H2,1H3,(H,7,8)/t10-,11-;9-,10+;6-,7-,8+;8-;2*6-;3*5-;3-,4+;3-,4-;2-;3-/m0111000101010/s1. The second-order valence-corrected chi connectivity index (χ2v) is 33.1. The number of carboxylic acid groups (broad SMARTS) is 13. The number of unbranched alkanes of at least 4 members (excludes halogenated alkanes) is 3. The maximum atomic E-state index is 10.7. The van der Waals surface area contributed by atoms with Crippen LogP contribution in [-0.2, 0) is 84.9 Å². The van der Waals surface area contributed by atoms with Crippen LogP contribution in [0.25, 0.3) is 0 Å². The van der Waals surface area contributed by atoms with E-state index in [9.17, 15) is 67.1 Å². The Morgan fingerprint density at radius 3 is 1.21 bits per heavy atom. The molecule has 135 heavy (non-hydrogen) atoms. The molecule has 770 valence electrons. The summed E-state index contributed by atoms with van der Waals surface area (Å²) in [6.45, 7) is 14.9. The van der Waals surface area contributed by atoms with Crippen LogP contribution in [0.15, 0.2) is 91.0 Å². The second-order valence-electron chi connectivity index (χ2n) is 33.1. The summed E-state index contributed by atoms with van der Waals surface area (Å²) in [5.74, 6) is -10.8. The van der Waals surface area contributed by atoms with Gasteiger partial charge >= 0.3 is 77.6 Å². The number of β-amino-alcohol motifs (C(OH)–C–C–N with tert-alkyl or cyclic N) is 1. The number of fused-ring (bicyclic) bond motifs is 1. The molecule has 0 aromatic heterocycles. The predicted molar refractivity (Wildman–Crippen MR) is 501 cm³/mol. The van der Waals surface area contributed by atoms with Gasteiger partial charge in [-0.05, 0) is 140 Å². The minimum absolute atomic E-state index is 0.00121. The third-order valence-electron chi connectivity index (χ3n) is 21.6. The van der Waals surface area contributed by atoms with Gasteiger partial charge in [-0.3, -0.25) is 67.1 Å². The fraction of sp³-hybridized carbons (Fsp3) is 0.644. The fourth-order valence-corrected chi connectivity index (χ4v) is 13.3. The van der Waals surface area contributed by atoms with Crippen LogP contribution in [0.3, 0.4) is 0 Å². The number of aliphatic carboxylic acids is 13. The molecule has 1 saturated carbocycles. The van der Waals surface area contributed by atoms with Gasteiger partial charge in [-0.2, -0.15) is 0 Å². The monoisotopic (exact) mass is 1930 g/mol. The summed E-state index contributed by atoms with van der Waals surface area (Å²) in [5.41, 5.74) is 33.4. The molecule has 7 aliphatic rings. The number of nitrogens with one attached hydrogen (secondary N) is 9. The van der Waals surface area contributed by atoms with Crippen molar-refractivity contribution in [2.75, 3.05) is 60.5 Å². The van der Waals surface area contributed by atoms with E-state index in [0.717, 1.165) is 88.4 Å². The van der Waals surface area contributed by atoms with E-state index < -0.39 is 150 Å². The lowest BCUT2D eigenvalue weighted by atomic mass is 9.85. The average Bonchev–Trinajstić information content (AvgIpc) is 1.74. The summed E-state index contributed by atoms with van der Waals surface area (Å²) in [5, 5.41) is 153. The number of carbonyl (C=O) groups is 14. The van der Waals surface area contributed by atoms with Crippen LogP contribution in [0.4, 0.5) is 0 Å². The number of primary amides is 1. The molecule has 6 aliphatic heterocycles. The van der Waals surface area contributed by atoms with Gasteiger partial charge < -0.3 is 164 Å². The highest BCUT2D eigenvalue weighted by atomic mass is 16.5. The highest BCUT2D eigenvalue weighted by Crippen LogP contribution is 2.33. The molecule has 1 aliphatic carbocycles. The molecule has 0 spiro atoms. The Kier molecular flexibility index (Phi) is 71.3. The van der Waals surface area contributed by atoms with E-state index in [1.54, 1.807) is 21.0 Å². The Labute approximate surface area is 788 Å². The maximum Gasteiger partial charge on any atom is 0.323 e. The lowest BCUT2D eigenvalue weighted by molar-refractivity contribution is -0.144. The normalized spacial score (nSPS) is 22.6. The minimum atomic E-state index is -1.21. The number of hydrogen-bond acceptors (Lipinski definition) is 31. The SMILES string of the molecule is CCCC[C@@H](N)C(=O)O.CCCC[C@H](N)C(=O)O.CCCC[C@H](NC)C(=O)O.CN[C@@H](CO)C(=O)O.CN[C@H](C(=O)O)C(C)C.C[C@@]1(C(=O)O)CCCN1.NC(=O)C[C@@H](N)C(=O)O.N[C@H](Cc1ccccc1)C(=O)O.N[C@H]1CN[C@H](C(=O)O)C1.O=C(O)[C@@H]1C[C@@H](c2ccccc2)CN1.O=C(O)[C@@H]1C[C@H](O)CN1.O=C(O)[C@@H]1C[C@H](OCc2ccccc2)CN1.O=C(O)[C@@H]1C[C@H]2CCCC[C@H]2N1. The van der Waals surface area contributed by atoms with Crippen LogP contribution in [-0.4, -0.2) is 323 Å². The van der Waals surface area contributed by atoms with E-state index in [2.05, 4.69) is 72.6 Å². The van der Waals surface area contributed by atoms with Gasteiger partial charge in [-0.15, -0.1) is 0 Å². The number of aliphatic hydroxyl groups excluding tert-OH is 2. The van der Waals surface area contributed by atoms with Gasteiger partial charge in [-0.25, -0.2) is 0 Å². The average molecular weight is 1930 g/mol. The number of likely N-dealkylation sites (N-methyl/N-ethyl adjacent to an activating group) is 3. The van der Waals surface area contributed by atoms with Gasteiger partial charge in [0, 0.05) is 51.1 Å². The van der Waals surface area contributed by atoms with Crippen molar-refractivity contribution in [3.05, 3.63) is 108 Å². The first-order valence-electron chi connectivity index (χ1n) is 45.0. The van der Waals surface area contributed by atoms with E-state index in [4.69, 9.17) is 110 Å². The van der Waals surface area contributed by atoms with Crippen LogP contribution in [0.5, 0.6) is 0 Å². The van der Waals surface area contributed by atoms with E-state index in [-0.39, 0.29) is 49.2 Å². The summed E-state index contributed by atoms with van der Waals surface area (Å²) < 4.78 is 5.64. The molecule has 7 fully saturated rings. The zero-order chi connectivity index (χ0) is 103. The van der Waals surface area contributed by atoms with Crippen molar-refractivity contribution in [3.8, 4) is 0 Å². The van der Waals surface area contributed by atoms with E-state index >= 15 is 0 Å². The van der Waals surface area contributed by atoms with Crippen molar-refractivity contribution in [2.24, 2.45) is 46.2 Å². The molecule has 6 saturated heterocycles. The zero-order valence-electron chi connectivity index (χ0n) is 78.9. The van der Waals surface area contributed by atoms with E-state index in [1.165, 1.54) is 38.3 Å². The van der Waals surface area contributed by atoms with Gasteiger partial charge in [0.2, 0.25) is 5.91 Å². The van der Waals surface area contributed by atoms with Crippen molar-refractivity contribution in [3.63, 3.8) is 0 Å². The molecule has 0 radical (unpaired) electrons. The molecule has 36 N–H and O–H groups in total. The van der Waals surface area contributed by atoms with E-state index in [0.29, 0.717) is 89.1 Å². The maximum absolute atomic E-state index is 10.7. The topological polar surface area (TPSA) is 816 Å². The smallest absolute Gasteiger partial charge is 0.323 e. The molecule has 19 atom stereocenters. The molecule has 0 unspecified atom stereocenters. The Hall–Kier alpha value is -10.4. The lowest BCUT2D eigenvalue weighted by Gasteiger charge is -2.24. The van der Waals surface area contributed by atoms with Crippen LogP contribution >= 0.6 is 0 Å². The van der Waals surface area contributed by atoms with Crippen LogP contribution in [0.1, 0.15) is 199 Å². The van der Waals surface area contributed by atoms with Gasteiger partial charge in [0.15, 0.2) is 0 Å². The van der Waals surface area contributed by atoms with Crippen LogP contribution < -0.4 is 82.3 Å². The van der Waals surface area contributed by atoms with Crippen molar-refractivity contribution in [2.45, 2.75) is 298 Å². The van der Waals surface area contributed by atoms with Gasteiger partial charge in [-0.1, -0.05) is 177 Å². The largest absolute Gasteiger partial charge is 0.480 e. The third-order valence-corrected chi connectivity index (χ3v) is 21.6. The van der Waals surface area contributed by atoms with Crippen molar-refractivity contribution in [1.82, 2.24) is 47.9 Å². The summed E-state index contributed by atoms with van der Waals surface area (Å²) in [4.78, 5) is 144. The number of aliphatic hydroxyl groups is 2. The first kappa shape index (κ1) is 129. The molecule has 1 amide bonds. The number of benzene rings is 3. The molecule has 10 rings (SSSR count). The first-order valence-corrected chi connectivity index (χ1v) is 45.0. The van der Waals surface area contributed by atoms with E-state index in [1.807, 2.05) is 107 Å². The highest BCUT2D eigenvalue weighted by molar-refractivity contribution is 5.83. The van der Waals surface area contributed by atoms with Crippen molar-refractivity contribution < 1.29 is 148 Å². The predicted octanol–water partition coefficient (Wildman–Crippen LogP) is 0.901. The highest BCUT2D eigenvalue weighted by Gasteiger charge is 2.39. The molecular formula is C90H155N15O30. The molecule has 6 heterocycles. The molecule has 3 aromatic rings. The molecule has 45 nitrogen and oxygen atoms in total.